The molecule has 2 rings (SSSR count). The summed E-state index contributed by atoms with van der Waals surface area (Å²) >= 11 is 3.46. The number of nitrogens with one attached hydrogen (secondary N) is 1. The fourth-order valence-electron chi connectivity index (χ4n) is 2.19. The van der Waals surface area contributed by atoms with E-state index in [1.165, 1.54) is 0 Å². The monoisotopic (exact) mass is 311 g/mol. The molecule has 0 atom stereocenters. The van der Waals surface area contributed by atoms with Crippen molar-refractivity contribution < 1.29 is 9.53 Å². The van der Waals surface area contributed by atoms with Crippen LogP contribution in [0.1, 0.15) is 31.2 Å². The van der Waals surface area contributed by atoms with Crippen LogP contribution in [0.15, 0.2) is 22.7 Å². The summed E-state index contributed by atoms with van der Waals surface area (Å²) in [4.78, 5) is 12.0. The molecular formula is C14H18BrNO2. The summed E-state index contributed by atoms with van der Waals surface area (Å²) in [5.41, 5.74) is 1.76. The van der Waals surface area contributed by atoms with Gasteiger partial charge < -0.3 is 10.1 Å². The lowest BCUT2D eigenvalue weighted by Crippen LogP contribution is -2.42. The minimum atomic E-state index is -0.216. The molecule has 0 saturated heterocycles. The molecule has 4 heteroatoms. The number of carbonyl (C=O) groups excluding carboxylic acids is 1. The summed E-state index contributed by atoms with van der Waals surface area (Å²) in [6.07, 6.45) is 3.55. The summed E-state index contributed by atoms with van der Waals surface area (Å²) < 4.78 is 6.46. The fourth-order valence-corrected chi connectivity index (χ4v) is 2.57. The van der Waals surface area contributed by atoms with Gasteiger partial charge in [-0.15, -0.1) is 0 Å². The first-order chi connectivity index (χ1) is 8.54. The van der Waals surface area contributed by atoms with Crippen molar-refractivity contribution in [3.63, 3.8) is 0 Å². The Bertz CT molecular complexity index is 450. The highest BCUT2D eigenvalue weighted by molar-refractivity contribution is 9.10. The predicted molar refractivity (Wildman–Crippen MR) is 75.7 cm³/mol. The van der Waals surface area contributed by atoms with Crippen molar-refractivity contribution in [3.05, 3.63) is 28.2 Å². The zero-order valence-electron chi connectivity index (χ0n) is 10.8. The molecule has 0 bridgehead atoms. The molecule has 1 N–H and O–H groups in total. The average Bonchev–Trinajstić information content (AvgIpc) is 2.29. The summed E-state index contributed by atoms with van der Waals surface area (Å²) in [7, 11) is 1.69. The van der Waals surface area contributed by atoms with Gasteiger partial charge in [0.15, 0.2) is 0 Å². The number of aryl methyl sites for hydroxylation is 1. The number of ether oxygens (including phenoxy) is 1. The lowest BCUT2D eigenvalue weighted by Gasteiger charge is -2.39. The van der Waals surface area contributed by atoms with Crippen LogP contribution in [-0.4, -0.2) is 18.6 Å². The highest BCUT2D eigenvalue weighted by Gasteiger charge is 2.38. The second-order valence-electron chi connectivity index (χ2n) is 4.93. The minimum absolute atomic E-state index is 0.0207. The number of anilines is 1. The highest BCUT2D eigenvalue weighted by Crippen LogP contribution is 2.38. The average molecular weight is 312 g/mol. The van der Waals surface area contributed by atoms with Gasteiger partial charge in [-0.25, -0.2) is 0 Å². The quantitative estimate of drug-likeness (QED) is 0.921. The van der Waals surface area contributed by atoms with Crippen molar-refractivity contribution in [1.82, 2.24) is 0 Å². The van der Waals surface area contributed by atoms with Gasteiger partial charge in [-0.3, -0.25) is 4.79 Å². The number of carbonyl (C=O) groups is 1. The van der Waals surface area contributed by atoms with E-state index in [-0.39, 0.29) is 11.5 Å². The fraction of sp³-hybridized carbons (Fsp3) is 0.500. The number of hydrogen-bond donors (Lipinski definition) is 1. The smallest absolute Gasteiger partial charge is 0.227 e. The molecule has 1 amide bonds. The van der Waals surface area contributed by atoms with Gasteiger partial charge in [0.25, 0.3) is 0 Å². The first kappa shape index (κ1) is 13.6. The van der Waals surface area contributed by atoms with Crippen LogP contribution in [-0.2, 0) is 9.53 Å². The van der Waals surface area contributed by atoms with Gasteiger partial charge in [-0.1, -0.05) is 22.0 Å². The maximum Gasteiger partial charge on any atom is 0.227 e. The van der Waals surface area contributed by atoms with Gasteiger partial charge in [0.1, 0.15) is 0 Å². The summed E-state index contributed by atoms with van der Waals surface area (Å²) in [6, 6.07) is 5.82. The molecule has 0 spiro atoms. The van der Waals surface area contributed by atoms with Crippen LogP contribution in [0.3, 0.4) is 0 Å². The molecular weight excluding hydrogens is 294 g/mol. The third kappa shape index (κ3) is 2.93. The number of amides is 1. The Hall–Kier alpha value is -0.870. The number of methoxy groups -OCH3 is 1. The molecule has 3 nitrogen and oxygen atoms in total. The van der Waals surface area contributed by atoms with E-state index in [1.54, 1.807) is 7.11 Å². The predicted octanol–water partition coefficient (Wildman–Crippen LogP) is 3.66. The molecule has 0 radical (unpaired) electrons. The third-order valence-corrected chi connectivity index (χ3v) is 4.49. The van der Waals surface area contributed by atoms with Crippen molar-refractivity contribution in [1.29, 1.82) is 0 Å². The zero-order chi connectivity index (χ0) is 13.2. The molecule has 1 aromatic carbocycles. The Balaban J connectivity index is 1.96. The van der Waals surface area contributed by atoms with Crippen molar-refractivity contribution >= 4 is 27.5 Å². The second kappa shape index (κ2) is 5.41. The maximum absolute atomic E-state index is 12.0. The number of halogens is 1. The standard InChI is InChI=1S/C14H18BrNO2/c1-10-4-5-11(8-12(10)15)16-13(17)9-14(18-2)6-3-7-14/h4-5,8H,3,6-7,9H2,1-2H3,(H,16,17). The van der Waals surface area contributed by atoms with Gasteiger partial charge in [-0.2, -0.15) is 0 Å². The third-order valence-electron chi connectivity index (χ3n) is 3.64. The van der Waals surface area contributed by atoms with Crippen molar-refractivity contribution in [2.45, 2.75) is 38.2 Å². The van der Waals surface area contributed by atoms with E-state index < -0.39 is 0 Å². The van der Waals surface area contributed by atoms with Crippen LogP contribution >= 0.6 is 15.9 Å². The van der Waals surface area contributed by atoms with Gasteiger partial charge >= 0.3 is 0 Å². The zero-order valence-corrected chi connectivity index (χ0v) is 12.3. The lowest BCUT2D eigenvalue weighted by molar-refractivity contribution is -0.129. The van der Waals surface area contributed by atoms with Crippen LogP contribution in [0.25, 0.3) is 0 Å². The molecule has 1 saturated carbocycles. The minimum Gasteiger partial charge on any atom is -0.378 e. The summed E-state index contributed by atoms with van der Waals surface area (Å²) in [6.45, 7) is 2.02. The molecule has 0 heterocycles. The van der Waals surface area contributed by atoms with E-state index in [2.05, 4.69) is 21.2 Å². The molecule has 0 aliphatic heterocycles. The Kier molecular flexibility index (Phi) is 4.07. The van der Waals surface area contributed by atoms with E-state index in [4.69, 9.17) is 4.74 Å². The Morgan fingerprint density at radius 1 is 1.50 bits per heavy atom. The number of hydrogen-bond acceptors (Lipinski definition) is 2. The molecule has 18 heavy (non-hydrogen) atoms. The molecule has 1 aromatic rings. The topological polar surface area (TPSA) is 38.3 Å². The van der Waals surface area contributed by atoms with Crippen LogP contribution in [0.4, 0.5) is 5.69 Å². The first-order valence-corrected chi connectivity index (χ1v) is 6.95. The van der Waals surface area contributed by atoms with Gasteiger partial charge in [0.2, 0.25) is 5.91 Å². The molecule has 98 valence electrons. The normalized spacial score (nSPS) is 17.1. The van der Waals surface area contributed by atoms with E-state index >= 15 is 0 Å². The molecule has 1 aliphatic carbocycles. The summed E-state index contributed by atoms with van der Waals surface area (Å²) in [5.74, 6) is 0.0207. The van der Waals surface area contributed by atoms with Crippen molar-refractivity contribution in [2.75, 3.05) is 12.4 Å². The SMILES string of the molecule is COC1(CC(=O)Nc2ccc(C)c(Br)c2)CCC1. The Morgan fingerprint density at radius 3 is 2.72 bits per heavy atom. The second-order valence-corrected chi connectivity index (χ2v) is 5.78. The largest absolute Gasteiger partial charge is 0.378 e. The van der Waals surface area contributed by atoms with Crippen molar-refractivity contribution in [3.8, 4) is 0 Å². The van der Waals surface area contributed by atoms with Crippen LogP contribution < -0.4 is 5.32 Å². The van der Waals surface area contributed by atoms with Gasteiger partial charge in [0, 0.05) is 17.3 Å². The molecule has 1 fully saturated rings. The lowest BCUT2D eigenvalue weighted by atomic mass is 9.77. The molecule has 1 aliphatic rings. The van der Waals surface area contributed by atoms with Gasteiger partial charge in [0.05, 0.1) is 12.0 Å². The molecule has 0 aromatic heterocycles. The Labute approximate surface area is 116 Å². The van der Waals surface area contributed by atoms with E-state index in [0.29, 0.717) is 6.42 Å². The molecule has 0 unspecified atom stereocenters. The summed E-state index contributed by atoms with van der Waals surface area (Å²) in [5, 5.41) is 2.92. The van der Waals surface area contributed by atoms with Crippen LogP contribution in [0.5, 0.6) is 0 Å². The Morgan fingerprint density at radius 2 is 2.22 bits per heavy atom. The number of rotatable bonds is 4. The van der Waals surface area contributed by atoms with Crippen molar-refractivity contribution in [2.24, 2.45) is 0 Å². The van der Waals surface area contributed by atoms with E-state index in [0.717, 1.165) is 35.0 Å². The van der Waals surface area contributed by atoms with E-state index in [1.807, 2.05) is 25.1 Å². The maximum atomic E-state index is 12.0. The van der Waals surface area contributed by atoms with Crippen LogP contribution in [0.2, 0.25) is 0 Å². The first-order valence-electron chi connectivity index (χ1n) is 6.16. The van der Waals surface area contributed by atoms with Gasteiger partial charge in [-0.05, 0) is 43.9 Å². The highest BCUT2D eigenvalue weighted by atomic mass is 79.9. The number of benzene rings is 1. The van der Waals surface area contributed by atoms with Crippen LogP contribution in [0, 0.1) is 6.92 Å². The van der Waals surface area contributed by atoms with E-state index in [9.17, 15) is 4.79 Å².